The fourth-order valence-electron chi connectivity index (χ4n) is 2.72. The lowest BCUT2D eigenvalue weighted by molar-refractivity contribution is -0.135. The topological polar surface area (TPSA) is 61.4 Å². The van der Waals surface area contributed by atoms with E-state index in [9.17, 15) is 9.59 Å². The van der Waals surface area contributed by atoms with Crippen molar-refractivity contribution in [1.82, 2.24) is 15.5 Å². The molecule has 5 heteroatoms. The van der Waals surface area contributed by atoms with Crippen LogP contribution in [-0.4, -0.2) is 47.9 Å². The highest BCUT2D eigenvalue weighted by Crippen LogP contribution is 2.15. The zero-order valence-corrected chi connectivity index (χ0v) is 11.2. The molecular weight excluding hydrogens is 230 g/mol. The second kappa shape index (κ2) is 5.80. The molecule has 0 bridgehead atoms. The van der Waals surface area contributed by atoms with E-state index < -0.39 is 0 Å². The molecule has 0 aromatic rings. The van der Waals surface area contributed by atoms with Crippen LogP contribution in [0.3, 0.4) is 0 Å². The Morgan fingerprint density at radius 2 is 1.89 bits per heavy atom. The Labute approximate surface area is 108 Å². The van der Waals surface area contributed by atoms with Crippen molar-refractivity contribution in [3.63, 3.8) is 0 Å². The van der Waals surface area contributed by atoms with E-state index in [1.54, 1.807) is 0 Å². The fourth-order valence-corrected chi connectivity index (χ4v) is 2.72. The van der Waals surface area contributed by atoms with Gasteiger partial charge in [-0.05, 0) is 46.2 Å². The summed E-state index contributed by atoms with van der Waals surface area (Å²) in [5.41, 5.74) is 0. The normalized spacial score (nSPS) is 27.6. The summed E-state index contributed by atoms with van der Waals surface area (Å²) in [5.74, 6) is -0.301. The number of carbonyl (C=O) groups excluding carboxylic acids is 2. The zero-order valence-electron chi connectivity index (χ0n) is 11.2. The minimum atomic E-state index is -0.182. The van der Waals surface area contributed by atoms with Gasteiger partial charge in [-0.3, -0.25) is 14.9 Å². The van der Waals surface area contributed by atoms with Crippen molar-refractivity contribution in [2.24, 2.45) is 0 Å². The van der Waals surface area contributed by atoms with Gasteiger partial charge in [0.2, 0.25) is 11.8 Å². The highest BCUT2D eigenvalue weighted by molar-refractivity contribution is 6.00. The molecule has 0 aromatic heterocycles. The van der Waals surface area contributed by atoms with E-state index in [1.807, 2.05) is 0 Å². The minimum absolute atomic E-state index is 0.146. The van der Waals surface area contributed by atoms with Gasteiger partial charge in [-0.1, -0.05) is 0 Å². The molecule has 2 N–H and O–H groups in total. The average Bonchev–Trinajstić information content (AvgIpc) is 2.33. The van der Waals surface area contributed by atoms with Gasteiger partial charge in [-0.15, -0.1) is 0 Å². The molecule has 102 valence electrons. The van der Waals surface area contributed by atoms with Crippen LogP contribution in [0.2, 0.25) is 0 Å². The third kappa shape index (κ3) is 3.29. The van der Waals surface area contributed by atoms with E-state index in [4.69, 9.17) is 0 Å². The predicted octanol–water partition coefficient (Wildman–Crippen LogP) is 0.254. The van der Waals surface area contributed by atoms with Crippen LogP contribution in [0.4, 0.5) is 0 Å². The summed E-state index contributed by atoms with van der Waals surface area (Å²) in [7, 11) is 0. The summed E-state index contributed by atoms with van der Waals surface area (Å²) >= 11 is 0. The molecule has 18 heavy (non-hydrogen) atoms. The quantitative estimate of drug-likeness (QED) is 0.708. The van der Waals surface area contributed by atoms with Crippen LogP contribution in [0, 0.1) is 0 Å². The third-order valence-electron chi connectivity index (χ3n) is 3.94. The molecule has 0 aliphatic carbocycles. The Morgan fingerprint density at radius 3 is 2.44 bits per heavy atom. The summed E-state index contributed by atoms with van der Waals surface area (Å²) in [5, 5.41) is 5.79. The summed E-state index contributed by atoms with van der Waals surface area (Å²) in [4.78, 5) is 25.2. The number of nitrogens with one attached hydrogen (secondary N) is 2. The standard InChI is InChI=1S/C13H23N3O2/c1-9(2)16-7-5-10(6-8-16)14-11-3-4-12(17)15-13(11)18/h9-11,14H,3-8H2,1-2H3,(H,15,17,18). The van der Waals surface area contributed by atoms with E-state index >= 15 is 0 Å². The van der Waals surface area contributed by atoms with E-state index in [0.717, 1.165) is 25.9 Å². The smallest absolute Gasteiger partial charge is 0.243 e. The predicted molar refractivity (Wildman–Crippen MR) is 69.0 cm³/mol. The maximum Gasteiger partial charge on any atom is 0.243 e. The third-order valence-corrected chi connectivity index (χ3v) is 3.94. The number of likely N-dealkylation sites (tertiary alicyclic amines) is 1. The van der Waals surface area contributed by atoms with Gasteiger partial charge in [0, 0.05) is 18.5 Å². The number of imide groups is 1. The first-order valence-corrected chi connectivity index (χ1v) is 6.90. The van der Waals surface area contributed by atoms with Crippen molar-refractivity contribution in [1.29, 1.82) is 0 Å². The van der Waals surface area contributed by atoms with Crippen LogP contribution in [-0.2, 0) is 9.59 Å². The Kier molecular flexibility index (Phi) is 4.35. The maximum absolute atomic E-state index is 11.6. The highest BCUT2D eigenvalue weighted by Gasteiger charge is 2.29. The number of rotatable bonds is 3. The van der Waals surface area contributed by atoms with E-state index in [1.165, 1.54) is 0 Å². The van der Waals surface area contributed by atoms with Crippen molar-refractivity contribution in [2.75, 3.05) is 13.1 Å². The number of carbonyl (C=O) groups is 2. The van der Waals surface area contributed by atoms with Crippen molar-refractivity contribution in [3.05, 3.63) is 0 Å². The average molecular weight is 253 g/mol. The first-order chi connectivity index (χ1) is 8.56. The summed E-state index contributed by atoms with van der Waals surface area (Å²) < 4.78 is 0. The van der Waals surface area contributed by atoms with Gasteiger partial charge in [0.25, 0.3) is 0 Å². The molecule has 1 atom stereocenters. The number of hydrogen-bond donors (Lipinski definition) is 2. The van der Waals surface area contributed by atoms with Gasteiger partial charge in [-0.25, -0.2) is 0 Å². The second-order valence-electron chi connectivity index (χ2n) is 5.57. The van der Waals surface area contributed by atoms with Crippen molar-refractivity contribution in [3.8, 4) is 0 Å². The van der Waals surface area contributed by atoms with Crippen molar-refractivity contribution < 1.29 is 9.59 Å². The van der Waals surface area contributed by atoms with Gasteiger partial charge in [-0.2, -0.15) is 0 Å². The van der Waals surface area contributed by atoms with Gasteiger partial charge in [0.05, 0.1) is 6.04 Å². The van der Waals surface area contributed by atoms with Crippen LogP contribution < -0.4 is 10.6 Å². The van der Waals surface area contributed by atoms with Gasteiger partial charge < -0.3 is 10.2 Å². The number of hydrogen-bond acceptors (Lipinski definition) is 4. The number of piperidine rings is 2. The summed E-state index contributed by atoms with van der Waals surface area (Å²) in [6.45, 7) is 6.60. The first-order valence-electron chi connectivity index (χ1n) is 6.90. The Morgan fingerprint density at radius 1 is 1.22 bits per heavy atom. The largest absolute Gasteiger partial charge is 0.303 e. The molecule has 0 aromatic carbocycles. The summed E-state index contributed by atoms with van der Waals surface area (Å²) in [6.07, 6.45) is 3.25. The number of amides is 2. The van der Waals surface area contributed by atoms with Crippen LogP contribution in [0.1, 0.15) is 39.5 Å². The van der Waals surface area contributed by atoms with Crippen LogP contribution in [0.15, 0.2) is 0 Å². The van der Waals surface area contributed by atoms with Crippen LogP contribution in [0.5, 0.6) is 0 Å². The molecule has 5 nitrogen and oxygen atoms in total. The lowest BCUT2D eigenvalue weighted by Gasteiger charge is -2.36. The first kappa shape index (κ1) is 13.5. The second-order valence-corrected chi connectivity index (χ2v) is 5.57. The molecule has 2 fully saturated rings. The highest BCUT2D eigenvalue weighted by atomic mass is 16.2. The van der Waals surface area contributed by atoms with Crippen LogP contribution >= 0.6 is 0 Å². The molecular formula is C13H23N3O2. The van der Waals surface area contributed by atoms with Crippen LogP contribution in [0.25, 0.3) is 0 Å². The van der Waals surface area contributed by atoms with Crippen molar-refractivity contribution >= 4 is 11.8 Å². The molecule has 2 amide bonds. The molecule has 2 saturated heterocycles. The van der Waals surface area contributed by atoms with E-state index in [-0.39, 0.29) is 17.9 Å². The molecule has 0 spiro atoms. The van der Waals surface area contributed by atoms with E-state index in [2.05, 4.69) is 29.4 Å². The zero-order chi connectivity index (χ0) is 13.1. The SMILES string of the molecule is CC(C)N1CCC(NC2CCC(=O)NC2=O)CC1. The molecule has 0 saturated carbocycles. The Hall–Kier alpha value is -0.940. The van der Waals surface area contributed by atoms with Gasteiger partial charge in [0.15, 0.2) is 0 Å². The van der Waals surface area contributed by atoms with E-state index in [0.29, 0.717) is 24.9 Å². The van der Waals surface area contributed by atoms with Gasteiger partial charge >= 0.3 is 0 Å². The summed E-state index contributed by atoms with van der Waals surface area (Å²) in [6, 6.07) is 0.823. The molecule has 0 radical (unpaired) electrons. The lowest BCUT2D eigenvalue weighted by Crippen LogP contribution is -2.55. The Balaban J connectivity index is 1.78. The fraction of sp³-hybridized carbons (Fsp3) is 0.846. The molecule has 2 rings (SSSR count). The lowest BCUT2D eigenvalue weighted by atomic mass is 9.99. The molecule has 1 unspecified atom stereocenters. The minimum Gasteiger partial charge on any atom is -0.303 e. The van der Waals surface area contributed by atoms with Crippen molar-refractivity contribution in [2.45, 2.75) is 57.7 Å². The molecule has 2 heterocycles. The van der Waals surface area contributed by atoms with Gasteiger partial charge in [0.1, 0.15) is 0 Å². The monoisotopic (exact) mass is 253 g/mol. The Bertz CT molecular complexity index is 322. The molecule has 2 aliphatic rings. The maximum atomic E-state index is 11.6. The number of nitrogens with zero attached hydrogens (tertiary/aromatic N) is 1. The molecule has 2 aliphatic heterocycles.